The quantitative estimate of drug-likeness (QED) is 0.675. The first-order valence-corrected chi connectivity index (χ1v) is 7.71. The van der Waals surface area contributed by atoms with Gasteiger partial charge in [-0.3, -0.25) is 4.79 Å². The van der Waals surface area contributed by atoms with Gasteiger partial charge in [-0.2, -0.15) is 0 Å². The maximum Gasteiger partial charge on any atom is 0.258 e. The molecule has 0 saturated carbocycles. The molecule has 2 heteroatoms. The average molecular weight is 301 g/mol. The number of hydrogen-bond donors (Lipinski definition) is 0. The minimum absolute atomic E-state index is 0.0123. The molecule has 3 aromatic carbocycles. The van der Waals surface area contributed by atoms with Crippen molar-refractivity contribution in [2.45, 2.75) is 13.5 Å². The number of amides is 1. The summed E-state index contributed by atoms with van der Waals surface area (Å²) >= 11 is 0. The molecule has 0 spiro atoms. The lowest BCUT2D eigenvalue weighted by atomic mass is 10.1. The minimum Gasteiger partial charge on any atom is -0.304 e. The van der Waals surface area contributed by atoms with Crippen molar-refractivity contribution in [3.05, 3.63) is 102 Å². The number of benzene rings is 3. The van der Waals surface area contributed by atoms with Gasteiger partial charge >= 0.3 is 0 Å². The van der Waals surface area contributed by atoms with Gasteiger partial charge in [0.25, 0.3) is 5.91 Å². The Hall–Kier alpha value is -2.87. The zero-order valence-corrected chi connectivity index (χ0v) is 13.1. The summed E-state index contributed by atoms with van der Waals surface area (Å²) in [6, 6.07) is 27.5. The first-order chi connectivity index (χ1) is 11.2. The predicted octanol–water partition coefficient (Wildman–Crippen LogP) is 4.84. The highest BCUT2D eigenvalue weighted by atomic mass is 16.2. The van der Waals surface area contributed by atoms with Crippen LogP contribution >= 0.6 is 0 Å². The molecule has 0 atom stereocenters. The molecule has 1 amide bonds. The van der Waals surface area contributed by atoms with Crippen LogP contribution in [0.1, 0.15) is 21.5 Å². The molecule has 0 aliphatic carbocycles. The second kappa shape index (κ2) is 6.93. The molecule has 0 heterocycles. The fourth-order valence-corrected chi connectivity index (χ4v) is 2.51. The molecular weight excluding hydrogens is 282 g/mol. The van der Waals surface area contributed by atoms with E-state index in [4.69, 9.17) is 0 Å². The van der Waals surface area contributed by atoms with E-state index in [-0.39, 0.29) is 5.91 Å². The van der Waals surface area contributed by atoms with Crippen LogP contribution in [0.2, 0.25) is 0 Å². The van der Waals surface area contributed by atoms with E-state index >= 15 is 0 Å². The third-order valence-corrected chi connectivity index (χ3v) is 3.80. The summed E-state index contributed by atoms with van der Waals surface area (Å²) in [5, 5.41) is 0. The third-order valence-electron chi connectivity index (χ3n) is 3.80. The number of nitrogens with zero attached hydrogens (tertiary/aromatic N) is 1. The maximum absolute atomic E-state index is 13.0. The van der Waals surface area contributed by atoms with Crippen molar-refractivity contribution in [3.63, 3.8) is 0 Å². The predicted molar refractivity (Wildman–Crippen MR) is 94.6 cm³/mol. The Morgan fingerprint density at radius 1 is 0.783 bits per heavy atom. The lowest BCUT2D eigenvalue weighted by molar-refractivity contribution is 0.0985. The molecule has 3 rings (SSSR count). The van der Waals surface area contributed by atoms with Crippen LogP contribution in [0, 0.1) is 6.92 Å². The zero-order chi connectivity index (χ0) is 16.1. The van der Waals surface area contributed by atoms with E-state index in [0.717, 1.165) is 11.3 Å². The highest BCUT2D eigenvalue weighted by Crippen LogP contribution is 2.21. The Kier molecular flexibility index (Phi) is 4.53. The SMILES string of the molecule is Cc1ccc(N(Cc2ccccc2)C(=O)c2ccccc2)cc1. The molecule has 2 nitrogen and oxygen atoms in total. The van der Waals surface area contributed by atoms with Crippen LogP contribution in [0.4, 0.5) is 5.69 Å². The van der Waals surface area contributed by atoms with Crippen molar-refractivity contribution >= 4 is 11.6 Å². The van der Waals surface area contributed by atoms with Gasteiger partial charge in [-0.25, -0.2) is 0 Å². The summed E-state index contributed by atoms with van der Waals surface area (Å²) in [6.45, 7) is 2.60. The standard InChI is InChI=1S/C21H19NO/c1-17-12-14-20(15-13-17)22(16-18-8-4-2-5-9-18)21(23)19-10-6-3-7-11-19/h2-15H,16H2,1H3. The molecule has 0 fully saturated rings. The molecule has 23 heavy (non-hydrogen) atoms. The second-order valence-corrected chi connectivity index (χ2v) is 5.58. The summed E-state index contributed by atoms with van der Waals surface area (Å²) in [5.74, 6) is 0.0123. The van der Waals surface area contributed by atoms with Crippen molar-refractivity contribution in [2.75, 3.05) is 4.90 Å². The number of rotatable bonds is 4. The van der Waals surface area contributed by atoms with Crippen molar-refractivity contribution < 1.29 is 4.79 Å². The smallest absolute Gasteiger partial charge is 0.258 e. The number of aryl methyl sites for hydroxylation is 1. The van der Waals surface area contributed by atoms with Gasteiger partial charge in [0, 0.05) is 11.3 Å². The zero-order valence-electron chi connectivity index (χ0n) is 13.1. The fraction of sp³-hybridized carbons (Fsp3) is 0.0952. The second-order valence-electron chi connectivity index (χ2n) is 5.58. The van der Waals surface area contributed by atoms with Gasteiger partial charge in [0.2, 0.25) is 0 Å². The lowest BCUT2D eigenvalue weighted by Crippen LogP contribution is -2.30. The first-order valence-electron chi connectivity index (χ1n) is 7.71. The number of anilines is 1. The Morgan fingerprint density at radius 2 is 1.35 bits per heavy atom. The summed E-state index contributed by atoms with van der Waals surface area (Å²) in [4.78, 5) is 14.8. The van der Waals surface area contributed by atoms with E-state index in [1.54, 1.807) is 0 Å². The van der Waals surface area contributed by atoms with Crippen LogP contribution in [0.5, 0.6) is 0 Å². The van der Waals surface area contributed by atoms with Crippen LogP contribution in [0.3, 0.4) is 0 Å². The van der Waals surface area contributed by atoms with Crippen LogP contribution in [0.15, 0.2) is 84.9 Å². The molecule has 0 N–H and O–H groups in total. The van der Waals surface area contributed by atoms with Crippen molar-refractivity contribution in [3.8, 4) is 0 Å². The maximum atomic E-state index is 13.0. The fourth-order valence-electron chi connectivity index (χ4n) is 2.51. The normalized spacial score (nSPS) is 10.3. The van der Waals surface area contributed by atoms with Gasteiger partial charge in [0.1, 0.15) is 0 Å². The van der Waals surface area contributed by atoms with Crippen LogP contribution < -0.4 is 4.90 Å². The van der Waals surface area contributed by atoms with Gasteiger partial charge in [-0.05, 0) is 36.8 Å². The summed E-state index contributed by atoms with van der Waals surface area (Å²) < 4.78 is 0. The van der Waals surface area contributed by atoms with Gasteiger partial charge in [0.05, 0.1) is 6.54 Å². The van der Waals surface area contributed by atoms with Gasteiger partial charge in [-0.15, -0.1) is 0 Å². The molecule has 3 aromatic rings. The Balaban J connectivity index is 1.96. The number of carbonyl (C=O) groups is 1. The highest BCUT2D eigenvalue weighted by molar-refractivity contribution is 6.06. The van der Waals surface area contributed by atoms with E-state index in [9.17, 15) is 4.79 Å². The Labute approximate surface area is 137 Å². The van der Waals surface area contributed by atoms with Crippen molar-refractivity contribution in [2.24, 2.45) is 0 Å². The number of carbonyl (C=O) groups excluding carboxylic acids is 1. The van der Waals surface area contributed by atoms with Crippen LogP contribution in [-0.4, -0.2) is 5.91 Å². The molecule has 0 radical (unpaired) electrons. The van der Waals surface area contributed by atoms with Gasteiger partial charge < -0.3 is 4.90 Å². The number of hydrogen-bond acceptors (Lipinski definition) is 1. The monoisotopic (exact) mass is 301 g/mol. The van der Waals surface area contributed by atoms with Gasteiger partial charge in [0.15, 0.2) is 0 Å². The molecule has 0 aromatic heterocycles. The summed E-state index contributed by atoms with van der Waals surface area (Å²) in [6.07, 6.45) is 0. The first kappa shape index (κ1) is 15.0. The molecule has 0 unspecified atom stereocenters. The lowest BCUT2D eigenvalue weighted by Gasteiger charge is -2.23. The van der Waals surface area contributed by atoms with Crippen molar-refractivity contribution in [1.29, 1.82) is 0 Å². The summed E-state index contributed by atoms with van der Waals surface area (Å²) in [5.41, 5.74) is 3.90. The molecule has 0 aliphatic heterocycles. The highest BCUT2D eigenvalue weighted by Gasteiger charge is 2.17. The molecular formula is C21H19NO. The van der Waals surface area contributed by atoms with E-state index < -0.39 is 0 Å². The average Bonchev–Trinajstić information content (AvgIpc) is 2.62. The van der Waals surface area contributed by atoms with E-state index in [2.05, 4.69) is 0 Å². The van der Waals surface area contributed by atoms with E-state index in [1.165, 1.54) is 5.56 Å². The Morgan fingerprint density at radius 3 is 1.96 bits per heavy atom. The van der Waals surface area contributed by atoms with Crippen LogP contribution in [0.25, 0.3) is 0 Å². The third kappa shape index (κ3) is 3.67. The molecule has 0 saturated heterocycles. The Bertz CT molecular complexity index is 764. The summed E-state index contributed by atoms with van der Waals surface area (Å²) in [7, 11) is 0. The van der Waals surface area contributed by atoms with Crippen molar-refractivity contribution in [1.82, 2.24) is 0 Å². The van der Waals surface area contributed by atoms with E-state index in [0.29, 0.717) is 12.1 Å². The van der Waals surface area contributed by atoms with E-state index in [1.807, 2.05) is 96.8 Å². The molecule has 114 valence electrons. The largest absolute Gasteiger partial charge is 0.304 e. The van der Waals surface area contributed by atoms with Gasteiger partial charge in [-0.1, -0.05) is 66.2 Å². The minimum atomic E-state index is 0.0123. The molecule has 0 bridgehead atoms. The molecule has 0 aliphatic rings. The topological polar surface area (TPSA) is 20.3 Å². The van der Waals surface area contributed by atoms with Crippen LogP contribution in [-0.2, 0) is 6.54 Å².